The molecule has 0 amide bonds. The van der Waals surface area contributed by atoms with E-state index in [1.807, 2.05) is 11.4 Å². The first-order valence-corrected chi connectivity index (χ1v) is 4.64. The number of carboxylic acids is 1. The number of hydrogen-bond donors (Lipinski definition) is 1. The van der Waals surface area contributed by atoms with Crippen LogP contribution < -0.4 is 0 Å². The maximum atomic E-state index is 10.8. The van der Waals surface area contributed by atoms with E-state index < -0.39 is 5.97 Å². The Morgan fingerprint density at radius 3 is 3.08 bits per heavy atom. The molecular formula is C9H7NO2S. The number of nitrogens with zero attached hydrogens (tertiary/aromatic N) is 1. The molecule has 66 valence electrons. The van der Waals surface area contributed by atoms with Crippen LogP contribution in [0, 0.1) is 6.92 Å². The first-order valence-electron chi connectivity index (χ1n) is 3.76. The highest BCUT2D eigenvalue weighted by molar-refractivity contribution is 7.17. The number of hydrogen-bond acceptors (Lipinski definition) is 3. The van der Waals surface area contributed by atoms with Gasteiger partial charge in [0.25, 0.3) is 0 Å². The van der Waals surface area contributed by atoms with Crippen LogP contribution in [0.2, 0.25) is 0 Å². The van der Waals surface area contributed by atoms with Crippen molar-refractivity contribution in [1.29, 1.82) is 0 Å². The minimum absolute atomic E-state index is 0.287. The van der Waals surface area contributed by atoms with E-state index >= 15 is 0 Å². The SMILES string of the molecule is Cc1nc2ccsc2cc1C(=O)O. The Hall–Kier alpha value is -1.42. The predicted molar refractivity (Wildman–Crippen MR) is 51.3 cm³/mol. The van der Waals surface area contributed by atoms with E-state index in [1.54, 1.807) is 13.0 Å². The summed E-state index contributed by atoms with van der Waals surface area (Å²) in [5, 5.41) is 10.7. The summed E-state index contributed by atoms with van der Waals surface area (Å²) in [7, 11) is 0. The van der Waals surface area contributed by atoms with Crippen LogP contribution in [0.3, 0.4) is 0 Å². The third-order valence-electron chi connectivity index (χ3n) is 1.86. The fourth-order valence-corrected chi connectivity index (χ4v) is 1.97. The minimum atomic E-state index is -0.916. The molecule has 0 saturated heterocycles. The summed E-state index contributed by atoms with van der Waals surface area (Å²) in [4.78, 5) is 14.9. The van der Waals surface area contributed by atoms with Gasteiger partial charge in [-0.3, -0.25) is 4.98 Å². The van der Waals surface area contributed by atoms with Crippen molar-refractivity contribution in [3.63, 3.8) is 0 Å². The molecule has 0 radical (unpaired) electrons. The minimum Gasteiger partial charge on any atom is -0.478 e. The number of carbonyl (C=O) groups is 1. The van der Waals surface area contributed by atoms with Gasteiger partial charge in [-0.15, -0.1) is 11.3 Å². The molecule has 0 saturated carbocycles. The quantitative estimate of drug-likeness (QED) is 0.756. The molecule has 4 heteroatoms. The average Bonchev–Trinajstić information content (AvgIpc) is 2.48. The fourth-order valence-electron chi connectivity index (χ4n) is 1.21. The molecule has 0 aliphatic heterocycles. The lowest BCUT2D eigenvalue weighted by molar-refractivity contribution is 0.0696. The van der Waals surface area contributed by atoms with Gasteiger partial charge in [-0.2, -0.15) is 0 Å². The van der Waals surface area contributed by atoms with E-state index in [0.717, 1.165) is 10.2 Å². The molecule has 2 heterocycles. The van der Waals surface area contributed by atoms with Crippen LogP contribution in [0.15, 0.2) is 17.5 Å². The zero-order valence-electron chi connectivity index (χ0n) is 6.94. The monoisotopic (exact) mass is 193 g/mol. The van der Waals surface area contributed by atoms with Crippen LogP contribution >= 0.6 is 11.3 Å². The van der Waals surface area contributed by atoms with E-state index in [2.05, 4.69) is 4.98 Å². The summed E-state index contributed by atoms with van der Waals surface area (Å²) >= 11 is 1.50. The third kappa shape index (κ3) is 1.29. The highest BCUT2D eigenvalue weighted by Crippen LogP contribution is 2.21. The van der Waals surface area contributed by atoms with Gasteiger partial charge in [0.2, 0.25) is 0 Å². The third-order valence-corrected chi connectivity index (χ3v) is 2.71. The second-order valence-corrected chi connectivity index (χ2v) is 3.68. The average molecular weight is 193 g/mol. The molecule has 0 spiro atoms. The van der Waals surface area contributed by atoms with Crippen molar-refractivity contribution in [2.24, 2.45) is 0 Å². The highest BCUT2D eigenvalue weighted by Gasteiger charge is 2.09. The predicted octanol–water partition coefficient (Wildman–Crippen LogP) is 2.30. The summed E-state index contributed by atoms with van der Waals surface area (Å²) in [6.07, 6.45) is 0. The number of aromatic nitrogens is 1. The topological polar surface area (TPSA) is 50.2 Å². The second kappa shape index (κ2) is 2.81. The maximum absolute atomic E-state index is 10.8. The number of aryl methyl sites for hydroxylation is 1. The van der Waals surface area contributed by atoms with Crippen LogP contribution in [0.25, 0.3) is 10.2 Å². The van der Waals surface area contributed by atoms with Crippen molar-refractivity contribution in [1.82, 2.24) is 4.98 Å². The molecule has 0 aliphatic rings. The number of rotatable bonds is 1. The number of carboxylic acid groups (broad SMARTS) is 1. The first-order chi connectivity index (χ1) is 6.18. The van der Waals surface area contributed by atoms with Crippen molar-refractivity contribution >= 4 is 27.5 Å². The Morgan fingerprint density at radius 2 is 2.38 bits per heavy atom. The van der Waals surface area contributed by atoms with E-state index in [-0.39, 0.29) is 5.56 Å². The number of fused-ring (bicyclic) bond motifs is 1. The second-order valence-electron chi connectivity index (χ2n) is 2.73. The Labute approximate surface area is 78.7 Å². The van der Waals surface area contributed by atoms with Gasteiger partial charge >= 0.3 is 5.97 Å². The summed E-state index contributed by atoms with van der Waals surface area (Å²) in [6.45, 7) is 1.71. The summed E-state index contributed by atoms with van der Waals surface area (Å²) in [6, 6.07) is 3.56. The molecule has 0 aromatic carbocycles. The van der Waals surface area contributed by atoms with Gasteiger partial charge in [0.1, 0.15) is 0 Å². The summed E-state index contributed by atoms with van der Waals surface area (Å²) < 4.78 is 0.919. The summed E-state index contributed by atoms with van der Waals surface area (Å²) in [5.74, 6) is -0.916. The van der Waals surface area contributed by atoms with Crippen LogP contribution in [0.1, 0.15) is 16.1 Å². The first kappa shape index (κ1) is 8.19. The van der Waals surface area contributed by atoms with Gasteiger partial charge in [0.15, 0.2) is 0 Å². The Balaban J connectivity index is 2.76. The van der Waals surface area contributed by atoms with Crippen molar-refractivity contribution in [3.8, 4) is 0 Å². The zero-order chi connectivity index (χ0) is 9.42. The van der Waals surface area contributed by atoms with E-state index in [9.17, 15) is 4.79 Å². The van der Waals surface area contributed by atoms with Crippen molar-refractivity contribution < 1.29 is 9.90 Å². The zero-order valence-corrected chi connectivity index (χ0v) is 7.76. The molecule has 2 aromatic rings. The maximum Gasteiger partial charge on any atom is 0.337 e. The molecule has 13 heavy (non-hydrogen) atoms. The normalized spacial score (nSPS) is 10.5. The molecule has 2 aromatic heterocycles. The molecule has 3 nitrogen and oxygen atoms in total. The standard InChI is InChI=1S/C9H7NO2S/c1-5-6(9(11)12)4-8-7(10-5)2-3-13-8/h2-4H,1H3,(H,11,12). The van der Waals surface area contributed by atoms with Gasteiger partial charge in [0.05, 0.1) is 21.5 Å². The van der Waals surface area contributed by atoms with Crippen LogP contribution in [0.4, 0.5) is 0 Å². The van der Waals surface area contributed by atoms with Crippen molar-refractivity contribution in [2.75, 3.05) is 0 Å². The van der Waals surface area contributed by atoms with Crippen LogP contribution in [-0.4, -0.2) is 16.1 Å². The Kier molecular flexibility index (Phi) is 1.77. The van der Waals surface area contributed by atoms with Crippen molar-refractivity contribution in [3.05, 3.63) is 28.8 Å². The van der Waals surface area contributed by atoms with Crippen LogP contribution in [-0.2, 0) is 0 Å². The summed E-state index contributed by atoms with van der Waals surface area (Å²) in [5.41, 5.74) is 1.72. The van der Waals surface area contributed by atoms with E-state index in [1.165, 1.54) is 11.3 Å². The van der Waals surface area contributed by atoms with Gasteiger partial charge in [-0.05, 0) is 24.4 Å². The molecule has 0 atom stereocenters. The molecule has 0 aliphatic carbocycles. The van der Waals surface area contributed by atoms with Crippen molar-refractivity contribution in [2.45, 2.75) is 6.92 Å². The van der Waals surface area contributed by atoms with Gasteiger partial charge < -0.3 is 5.11 Å². The number of thiophene rings is 1. The number of pyridine rings is 1. The molecule has 2 rings (SSSR count). The molecular weight excluding hydrogens is 186 g/mol. The fraction of sp³-hybridized carbons (Fsp3) is 0.111. The molecule has 0 fully saturated rings. The van der Waals surface area contributed by atoms with Gasteiger partial charge in [-0.25, -0.2) is 4.79 Å². The Morgan fingerprint density at radius 1 is 1.62 bits per heavy atom. The number of aromatic carboxylic acids is 1. The van der Waals surface area contributed by atoms with Gasteiger partial charge in [-0.1, -0.05) is 0 Å². The lowest BCUT2D eigenvalue weighted by Crippen LogP contribution is -2.00. The Bertz CT molecular complexity index is 475. The molecule has 0 bridgehead atoms. The largest absolute Gasteiger partial charge is 0.478 e. The van der Waals surface area contributed by atoms with Gasteiger partial charge in [0, 0.05) is 0 Å². The van der Waals surface area contributed by atoms with E-state index in [4.69, 9.17) is 5.11 Å². The van der Waals surface area contributed by atoms with Crippen LogP contribution in [0.5, 0.6) is 0 Å². The smallest absolute Gasteiger partial charge is 0.337 e. The van der Waals surface area contributed by atoms with E-state index in [0.29, 0.717) is 5.69 Å². The lowest BCUT2D eigenvalue weighted by Gasteiger charge is -1.98. The lowest BCUT2D eigenvalue weighted by atomic mass is 10.2. The molecule has 1 N–H and O–H groups in total. The highest BCUT2D eigenvalue weighted by atomic mass is 32.1. The molecule has 0 unspecified atom stereocenters.